The van der Waals surface area contributed by atoms with Gasteiger partial charge in [-0.15, -0.1) is 10.2 Å². The second kappa shape index (κ2) is 9.91. The number of rotatable bonds is 9. The molecule has 0 saturated heterocycles. The van der Waals surface area contributed by atoms with E-state index in [1.807, 2.05) is 23.5 Å². The Morgan fingerprint density at radius 3 is 2.45 bits per heavy atom. The lowest BCUT2D eigenvalue weighted by atomic mass is 10.2. The van der Waals surface area contributed by atoms with Gasteiger partial charge in [0.25, 0.3) is 5.91 Å². The lowest BCUT2D eigenvalue weighted by Gasteiger charge is -2.13. The van der Waals surface area contributed by atoms with Gasteiger partial charge in [0.2, 0.25) is 5.65 Å². The summed E-state index contributed by atoms with van der Waals surface area (Å²) in [5.74, 6) is 2.49. The van der Waals surface area contributed by atoms with E-state index < -0.39 is 0 Å². The summed E-state index contributed by atoms with van der Waals surface area (Å²) in [7, 11) is 3.19. The van der Waals surface area contributed by atoms with Gasteiger partial charge in [-0.1, -0.05) is 11.6 Å². The van der Waals surface area contributed by atoms with Crippen molar-refractivity contribution in [3.63, 3.8) is 0 Å². The van der Waals surface area contributed by atoms with E-state index in [1.54, 1.807) is 38.5 Å². The van der Waals surface area contributed by atoms with Crippen molar-refractivity contribution in [1.29, 1.82) is 0 Å². The SMILES string of the molecule is COc1cc2nc(NCCCCNC(=O)c3ccc(Cl)cc3)c3nnc(C)n3c2cc1OC. The maximum Gasteiger partial charge on any atom is 0.251 e. The van der Waals surface area contributed by atoms with Crippen molar-refractivity contribution in [2.45, 2.75) is 19.8 Å². The molecule has 0 saturated carbocycles. The van der Waals surface area contributed by atoms with Crippen molar-refractivity contribution in [1.82, 2.24) is 24.9 Å². The first-order valence-electron chi connectivity index (χ1n) is 10.6. The molecule has 2 N–H and O–H groups in total. The van der Waals surface area contributed by atoms with Crippen molar-refractivity contribution >= 4 is 40.0 Å². The number of benzene rings is 2. The number of aryl methyl sites for hydroxylation is 1. The maximum atomic E-state index is 12.2. The summed E-state index contributed by atoms with van der Waals surface area (Å²) in [6.07, 6.45) is 1.65. The molecule has 0 bridgehead atoms. The number of carbonyl (C=O) groups excluding carboxylic acids is 1. The van der Waals surface area contributed by atoms with Gasteiger partial charge in [0.05, 0.1) is 25.3 Å². The normalized spacial score (nSPS) is 11.0. The molecule has 1 amide bonds. The summed E-state index contributed by atoms with van der Waals surface area (Å²) in [5, 5.41) is 15.4. The van der Waals surface area contributed by atoms with E-state index in [4.69, 9.17) is 26.1 Å². The number of carbonyl (C=O) groups is 1. The van der Waals surface area contributed by atoms with Crippen LogP contribution in [0.15, 0.2) is 36.4 Å². The van der Waals surface area contributed by atoms with Crippen LogP contribution in [-0.2, 0) is 0 Å². The van der Waals surface area contributed by atoms with E-state index in [2.05, 4.69) is 20.8 Å². The van der Waals surface area contributed by atoms with Crippen LogP contribution in [0.5, 0.6) is 11.5 Å². The molecule has 2 aromatic carbocycles. The second-order valence-electron chi connectivity index (χ2n) is 7.46. The van der Waals surface area contributed by atoms with Crippen LogP contribution in [0.4, 0.5) is 5.82 Å². The zero-order chi connectivity index (χ0) is 23.4. The first-order chi connectivity index (χ1) is 16.0. The molecular formula is C23H25ClN6O3. The average Bonchev–Trinajstić information content (AvgIpc) is 3.22. The van der Waals surface area contributed by atoms with Gasteiger partial charge in [0, 0.05) is 35.8 Å². The minimum Gasteiger partial charge on any atom is -0.493 e. The Labute approximate surface area is 196 Å². The third-order valence-electron chi connectivity index (χ3n) is 5.28. The van der Waals surface area contributed by atoms with Crippen molar-refractivity contribution in [3.05, 3.63) is 52.8 Å². The third kappa shape index (κ3) is 4.78. The molecule has 2 aromatic heterocycles. The molecular weight excluding hydrogens is 444 g/mol. The molecule has 0 aliphatic rings. The molecule has 172 valence electrons. The number of anilines is 1. The molecule has 0 spiro atoms. The number of amides is 1. The predicted octanol–water partition coefficient (Wildman–Crippen LogP) is 3.88. The van der Waals surface area contributed by atoms with Crippen LogP contribution in [-0.4, -0.2) is 52.8 Å². The van der Waals surface area contributed by atoms with Crippen LogP contribution in [0, 0.1) is 6.92 Å². The fraction of sp³-hybridized carbons (Fsp3) is 0.304. The van der Waals surface area contributed by atoms with Crippen LogP contribution in [0.3, 0.4) is 0 Å². The predicted molar refractivity (Wildman–Crippen MR) is 128 cm³/mol. The Kier molecular flexibility index (Phi) is 6.79. The van der Waals surface area contributed by atoms with Crippen LogP contribution >= 0.6 is 11.6 Å². The topological polar surface area (TPSA) is 103 Å². The highest BCUT2D eigenvalue weighted by Gasteiger charge is 2.16. The zero-order valence-corrected chi connectivity index (χ0v) is 19.4. The number of nitrogens with zero attached hydrogens (tertiary/aromatic N) is 4. The number of hydrogen-bond donors (Lipinski definition) is 2. The van der Waals surface area contributed by atoms with Gasteiger partial charge in [-0.3, -0.25) is 9.20 Å². The van der Waals surface area contributed by atoms with Crippen LogP contribution in [0.2, 0.25) is 5.02 Å². The smallest absolute Gasteiger partial charge is 0.251 e. The Balaban J connectivity index is 1.41. The number of methoxy groups -OCH3 is 2. The molecule has 10 heteroatoms. The number of halogens is 1. The average molecular weight is 469 g/mol. The summed E-state index contributed by atoms with van der Waals surface area (Å²) in [6, 6.07) is 10.5. The van der Waals surface area contributed by atoms with Crippen molar-refractivity contribution < 1.29 is 14.3 Å². The summed E-state index contributed by atoms with van der Waals surface area (Å²) in [5.41, 5.74) is 2.80. The molecule has 0 aliphatic heterocycles. The second-order valence-corrected chi connectivity index (χ2v) is 7.90. The van der Waals surface area contributed by atoms with E-state index >= 15 is 0 Å². The molecule has 2 heterocycles. The van der Waals surface area contributed by atoms with Crippen LogP contribution in [0.1, 0.15) is 29.0 Å². The number of fused-ring (bicyclic) bond motifs is 3. The van der Waals surface area contributed by atoms with E-state index in [9.17, 15) is 4.79 Å². The van der Waals surface area contributed by atoms with Gasteiger partial charge < -0.3 is 20.1 Å². The molecule has 0 atom stereocenters. The fourth-order valence-electron chi connectivity index (χ4n) is 3.58. The lowest BCUT2D eigenvalue weighted by molar-refractivity contribution is 0.0953. The van der Waals surface area contributed by atoms with Crippen molar-refractivity contribution in [2.24, 2.45) is 0 Å². The summed E-state index contributed by atoms with van der Waals surface area (Å²) >= 11 is 5.86. The van der Waals surface area contributed by atoms with E-state index in [0.717, 1.165) is 29.7 Å². The summed E-state index contributed by atoms with van der Waals surface area (Å²) in [4.78, 5) is 16.9. The molecule has 0 unspecified atom stereocenters. The van der Waals surface area contributed by atoms with Crippen LogP contribution < -0.4 is 20.1 Å². The van der Waals surface area contributed by atoms with Gasteiger partial charge >= 0.3 is 0 Å². The van der Waals surface area contributed by atoms with Gasteiger partial charge in [0.15, 0.2) is 17.3 Å². The Bertz CT molecular complexity index is 1290. The Morgan fingerprint density at radius 2 is 1.73 bits per heavy atom. The molecule has 9 nitrogen and oxygen atoms in total. The highest BCUT2D eigenvalue weighted by atomic mass is 35.5. The van der Waals surface area contributed by atoms with E-state index in [1.165, 1.54) is 0 Å². The quantitative estimate of drug-likeness (QED) is 0.359. The van der Waals surface area contributed by atoms with Gasteiger partial charge in [-0.25, -0.2) is 4.98 Å². The maximum absolute atomic E-state index is 12.2. The van der Waals surface area contributed by atoms with Gasteiger partial charge in [-0.05, 0) is 44.0 Å². The highest BCUT2D eigenvalue weighted by Crippen LogP contribution is 2.33. The lowest BCUT2D eigenvalue weighted by Crippen LogP contribution is -2.24. The summed E-state index contributed by atoms with van der Waals surface area (Å²) in [6.45, 7) is 3.14. The molecule has 4 aromatic rings. The zero-order valence-electron chi connectivity index (χ0n) is 18.7. The number of aromatic nitrogens is 4. The Hall–Kier alpha value is -3.59. The first-order valence-corrected chi connectivity index (χ1v) is 10.9. The minimum absolute atomic E-state index is 0.110. The number of hydrogen-bond acceptors (Lipinski definition) is 7. The highest BCUT2D eigenvalue weighted by molar-refractivity contribution is 6.30. The standard InChI is InChI=1S/C23H25ClN6O3/c1-14-28-29-22-21(27-17-12-19(32-2)20(33-3)13-18(17)30(14)22)25-10-4-5-11-26-23(31)15-6-8-16(24)9-7-15/h6-9,12-13H,4-5,10-11H2,1-3H3,(H,25,27)(H,26,31). The third-order valence-corrected chi connectivity index (χ3v) is 5.53. The molecule has 4 rings (SSSR count). The van der Waals surface area contributed by atoms with Crippen LogP contribution in [0.25, 0.3) is 16.7 Å². The van der Waals surface area contributed by atoms with Crippen molar-refractivity contribution in [2.75, 3.05) is 32.6 Å². The molecule has 0 radical (unpaired) electrons. The minimum atomic E-state index is -0.110. The Morgan fingerprint density at radius 1 is 1.03 bits per heavy atom. The van der Waals surface area contributed by atoms with E-state index in [-0.39, 0.29) is 5.91 Å². The fourth-order valence-corrected chi connectivity index (χ4v) is 3.71. The van der Waals surface area contributed by atoms with Crippen molar-refractivity contribution in [3.8, 4) is 11.5 Å². The van der Waals surface area contributed by atoms with Gasteiger partial charge in [-0.2, -0.15) is 0 Å². The number of nitrogens with one attached hydrogen (secondary N) is 2. The van der Waals surface area contributed by atoms with Gasteiger partial charge in [0.1, 0.15) is 5.82 Å². The molecule has 0 aliphatic carbocycles. The largest absolute Gasteiger partial charge is 0.493 e. The first kappa shape index (κ1) is 22.6. The monoisotopic (exact) mass is 468 g/mol. The molecule has 0 fully saturated rings. The number of ether oxygens (including phenoxy) is 2. The van der Waals surface area contributed by atoms with E-state index in [0.29, 0.717) is 46.6 Å². The number of unbranched alkanes of at least 4 members (excludes halogenated alkanes) is 1. The summed E-state index contributed by atoms with van der Waals surface area (Å²) < 4.78 is 12.8. The molecule has 33 heavy (non-hydrogen) atoms.